The molecule has 21 heavy (non-hydrogen) atoms. The highest BCUT2D eigenvalue weighted by molar-refractivity contribution is 6.20. The van der Waals surface area contributed by atoms with Crippen LogP contribution in [0.5, 0.6) is 0 Å². The van der Waals surface area contributed by atoms with Crippen LogP contribution in [0.3, 0.4) is 0 Å². The number of benzene rings is 1. The van der Waals surface area contributed by atoms with E-state index < -0.39 is 17.0 Å². The monoisotopic (exact) mass is 316 g/mol. The topological polar surface area (TPSA) is 27.1 Å². The van der Waals surface area contributed by atoms with Crippen molar-refractivity contribution in [3.05, 3.63) is 29.6 Å². The number of rotatable bonds is 7. The molecule has 2 aromatic rings. The van der Waals surface area contributed by atoms with Crippen molar-refractivity contribution < 1.29 is 13.5 Å². The first-order chi connectivity index (χ1) is 10.0. The second-order valence-electron chi connectivity index (χ2n) is 4.96. The van der Waals surface area contributed by atoms with E-state index >= 15 is 0 Å². The normalized spacial score (nSPS) is 13.0. The molecule has 0 aliphatic carbocycles. The predicted molar refractivity (Wildman–Crippen MR) is 79.6 cm³/mol. The minimum atomic E-state index is -0.672. The number of hydrogen-bond donors (Lipinski definition) is 0. The van der Waals surface area contributed by atoms with E-state index in [0.29, 0.717) is 31.1 Å². The van der Waals surface area contributed by atoms with Gasteiger partial charge in [0.2, 0.25) is 0 Å². The molecule has 6 heteroatoms. The Morgan fingerprint density at radius 3 is 2.76 bits per heavy atom. The number of fused-ring (bicyclic) bond motifs is 1. The smallest absolute Gasteiger partial charge is 0.153 e. The number of imidazole rings is 1. The molecule has 0 spiro atoms. The summed E-state index contributed by atoms with van der Waals surface area (Å²) in [5.41, 5.74) is 0.557. The molecule has 0 saturated carbocycles. The van der Waals surface area contributed by atoms with E-state index in [4.69, 9.17) is 16.3 Å². The van der Waals surface area contributed by atoms with Gasteiger partial charge in [-0.3, -0.25) is 0 Å². The first-order valence-electron chi connectivity index (χ1n) is 7.11. The van der Waals surface area contributed by atoms with Crippen molar-refractivity contribution in [2.24, 2.45) is 0 Å². The number of alkyl halides is 1. The Morgan fingerprint density at radius 1 is 1.33 bits per heavy atom. The maximum atomic E-state index is 13.8. The Labute approximate surface area is 127 Å². The summed E-state index contributed by atoms with van der Waals surface area (Å²) in [6.07, 6.45) is 2.06. The molecule has 2 rings (SSSR count). The van der Waals surface area contributed by atoms with Crippen molar-refractivity contribution >= 4 is 22.6 Å². The quantitative estimate of drug-likeness (QED) is 0.558. The van der Waals surface area contributed by atoms with Gasteiger partial charge >= 0.3 is 0 Å². The molecule has 1 aromatic carbocycles. The van der Waals surface area contributed by atoms with Crippen LogP contribution in [-0.4, -0.2) is 22.8 Å². The zero-order valence-electron chi connectivity index (χ0n) is 12.2. The summed E-state index contributed by atoms with van der Waals surface area (Å²) < 4.78 is 34.5. The summed E-state index contributed by atoms with van der Waals surface area (Å²) in [6.45, 7) is 5.45. The Hall–Kier alpha value is -1.20. The van der Waals surface area contributed by atoms with Crippen molar-refractivity contribution in [3.63, 3.8) is 0 Å². The van der Waals surface area contributed by atoms with Crippen LogP contribution in [0.2, 0.25) is 0 Å². The first-order valence-corrected chi connectivity index (χ1v) is 7.55. The van der Waals surface area contributed by atoms with Gasteiger partial charge in [-0.2, -0.15) is 0 Å². The van der Waals surface area contributed by atoms with Crippen LogP contribution in [0, 0.1) is 11.6 Å². The van der Waals surface area contributed by atoms with Gasteiger partial charge in [-0.05, 0) is 19.4 Å². The molecule has 0 aliphatic rings. The number of ether oxygens (including phenoxy) is 1. The maximum Gasteiger partial charge on any atom is 0.153 e. The fourth-order valence-electron chi connectivity index (χ4n) is 2.21. The highest BCUT2D eigenvalue weighted by atomic mass is 35.5. The van der Waals surface area contributed by atoms with Gasteiger partial charge in [0.1, 0.15) is 17.2 Å². The van der Waals surface area contributed by atoms with E-state index in [1.165, 1.54) is 6.07 Å². The lowest BCUT2D eigenvalue weighted by Gasteiger charge is -2.11. The van der Waals surface area contributed by atoms with Gasteiger partial charge < -0.3 is 9.30 Å². The lowest BCUT2D eigenvalue weighted by molar-refractivity contribution is 0.123. The van der Waals surface area contributed by atoms with Crippen LogP contribution in [0.25, 0.3) is 11.0 Å². The molecular weight excluding hydrogens is 298 g/mol. The van der Waals surface area contributed by atoms with Crippen LogP contribution in [0.4, 0.5) is 8.78 Å². The number of unbranched alkanes of at least 4 members (excludes halogenated alkanes) is 1. The summed E-state index contributed by atoms with van der Waals surface area (Å²) in [5, 5.41) is -0.393. The molecule has 1 unspecified atom stereocenters. The Kier molecular flexibility index (Phi) is 5.53. The number of aromatic nitrogens is 2. The molecule has 1 heterocycles. The van der Waals surface area contributed by atoms with Crippen molar-refractivity contribution in [1.82, 2.24) is 9.55 Å². The van der Waals surface area contributed by atoms with Crippen LogP contribution >= 0.6 is 11.6 Å². The van der Waals surface area contributed by atoms with E-state index in [1.807, 2.05) is 0 Å². The summed E-state index contributed by atoms with van der Waals surface area (Å²) in [6, 6.07) is 2.11. The van der Waals surface area contributed by atoms with Gasteiger partial charge in [0.15, 0.2) is 5.82 Å². The van der Waals surface area contributed by atoms with E-state index in [9.17, 15) is 8.78 Å². The van der Waals surface area contributed by atoms with Crippen LogP contribution in [0.1, 0.15) is 37.9 Å². The largest absolute Gasteiger partial charge is 0.380 e. The third-order valence-corrected chi connectivity index (χ3v) is 3.45. The number of hydrogen-bond acceptors (Lipinski definition) is 2. The van der Waals surface area contributed by atoms with E-state index in [0.717, 1.165) is 18.9 Å². The van der Waals surface area contributed by atoms with E-state index in [-0.39, 0.29) is 5.52 Å². The van der Waals surface area contributed by atoms with Crippen molar-refractivity contribution in [3.8, 4) is 0 Å². The average molecular weight is 317 g/mol. The van der Waals surface area contributed by atoms with Gasteiger partial charge in [-0.25, -0.2) is 13.8 Å². The molecule has 0 N–H and O–H groups in total. The standard InChI is InChI=1S/C15H19ClF2N2O/c1-3-4-6-21-7-5-20-13-9-11(17)8-12(18)14(13)19-15(20)10(2)16/h8-10H,3-7H2,1-2H3. The summed E-state index contributed by atoms with van der Waals surface area (Å²) in [7, 11) is 0. The van der Waals surface area contributed by atoms with Gasteiger partial charge in [0.05, 0.1) is 17.5 Å². The summed E-state index contributed by atoms with van der Waals surface area (Å²) in [4.78, 5) is 4.20. The second-order valence-corrected chi connectivity index (χ2v) is 5.61. The average Bonchev–Trinajstić information content (AvgIpc) is 2.78. The first kappa shape index (κ1) is 16.2. The third-order valence-electron chi connectivity index (χ3n) is 3.26. The summed E-state index contributed by atoms with van der Waals surface area (Å²) >= 11 is 6.09. The van der Waals surface area contributed by atoms with Crippen molar-refractivity contribution in [2.75, 3.05) is 13.2 Å². The van der Waals surface area contributed by atoms with Crippen LogP contribution in [-0.2, 0) is 11.3 Å². The van der Waals surface area contributed by atoms with Gasteiger partial charge in [0.25, 0.3) is 0 Å². The zero-order chi connectivity index (χ0) is 15.4. The minimum Gasteiger partial charge on any atom is -0.380 e. The highest BCUT2D eigenvalue weighted by Crippen LogP contribution is 2.26. The molecule has 0 radical (unpaired) electrons. The molecule has 3 nitrogen and oxygen atoms in total. The van der Waals surface area contributed by atoms with E-state index in [1.54, 1.807) is 11.5 Å². The minimum absolute atomic E-state index is 0.146. The number of halogens is 3. The molecule has 1 aromatic heterocycles. The van der Waals surface area contributed by atoms with E-state index in [2.05, 4.69) is 11.9 Å². The van der Waals surface area contributed by atoms with Crippen LogP contribution in [0.15, 0.2) is 12.1 Å². The zero-order valence-corrected chi connectivity index (χ0v) is 13.0. The highest BCUT2D eigenvalue weighted by Gasteiger charge is 2.18. The SMILES string of the molecule is CCCCOCCn1c(C(C)Cl)nc2c(F)cc(F)cc21. The number of nitrogens with zero attached hydrogens (tertiary/aromatic N) is 2. The predicted octanol–water partition coefficient (Wildman–Crippen LogP) is 4.43. The molecule has 0 saturated heterocycles. The molecule has 1 atom stereocenters. The molecule has 0 aliphatic heterocycles. The lowest BCUT2D eigenvalue weighted by atomic mass is 10.3. The Bertz CT molecular complexity index is 613. The van der Waals surface area contributed by atoms with Crippen molar-refractivity contribution in [1.29, 1.82) is 0 Å². The Balaban J connectivity index is 2.28. The molecule has 116 valence electrons. The van der Waals surface area contributed by atoms with Crippen LogP contribution < -0.4 is 0 Å². The van der Waals surface area contributed by atoms with Gasteiger partial charge in [0, 0.05) is 19.2 Å². The molecule has 0 fully saturated rings. The van der Waals surface area contributed by atoms with Gasteiger partial charge in [-0.1, -0.05) is 13.3 Å². The third kappa shape index (κ3) is 3.71. The fraction of sp³-hybridized carbons (Fsp3) is 0.533. The van der Waals surface area contributed by atoms with Gasteiger partial charge in [-0.15, -0.1) is 11.6 Å². The lowest BCUT2D eigenvalue weighted by Crippen LogP contribution is -2.10. The molecule has 0 bridgehead atoms. The fourth-order valence-corrected chi connectivity index (χ4v) is 2.38. The maximum absolute atomic E-state index is 13.8. The van der Waals surface area contributed by atoms with Crippen molar-refractivity contribution in [2.45, 2.75) is 38.6 Å². The Morgan fingerprint density at radius 2 is 2.10 bits per heavy atom. The second kappa shape index (κ2) is 7.18. The summed E-state index contributed by atoms with van der Waals surface area (Å²) in [5.74, 6) is -0.772. The molecule has 0 amide bonds. The molecular formula is C15H19ClF2N2O.